The third kappa shape index (κ3) is 16.1. The zero-order chi connectivity index (χ0) is 54.4. The van der Waals surface area contributed by atoms with E-state index in [9.17, 15) is 44.4 Å². The van der Waals surface area contributed by atoms with E-state index in [1.807, 2.05) is 71.1 Å². The highest BCUT2D eigenvalue weighted by molar-refractivity contribution is 6.39. The lowest BCUT2D eigenvalue weighted by Gasteiger charge is -2.42. The van der Waals surface area contributed by atoms with Crippen molar-refractivity contribution in [1.29, 1.82) is 0 Å². The van der Waals surface area contributed by atoms with Crippen LogP contribution in [0.5, 0.6) is 0 Å². The monoisotopic (exact) mass is 1030 g/mol. The van der Waals surface area contributed by atoms with Gasteiger partial charge in [-0.2, -0.15) is 0 Å². The molecule has 4 rings (SSSR count). The highest BCUT2D eigenvalue weighted by atomic mass is 16.6. The molecule has 2 saturated heterocycles. The summed E-state index contributed by atoms with van der Waals surface area (Å²) in [6, 6.07) is -1.12. The van der Waals surface area contributed by atoms with E-state index < -0.39 is 109 Å². The lowest BCUT2D eigenvalue weighted by atomic mass is 9.78. The summed E-state index contributed by atoms with van der Waals surface area (Å²) in [4.78, 5) is 71.4. The molecule has 4 aliphatic rings. The Morgan fingerprint density at radius 1 is 0.890 bits per heavy atom. The highest BCUT2D eigenvalue weighted by Gasteiger charge is 2.53. The molecule has 1 amide bonds. The Morgan fingerprint density at radius 2 is 1.59 bits per heavy atom. The summed E-state index contributed by atoms with van der Waals surface area (Å²) in [6.45, 7) is 17.9. The zero-order valence-corrected chi connectivity index (χ0v) is 45.6. The summed E-state index contributed by atoms with van der Waals surface area (Å²) in [5.74, 6) is -7.92. The van der Waals surface area contributed by atoms with Gasteiger partial charge in [-0.25, -0.2) is 4.79 Å². The first kappa shape index (κ1) is 61.7. The maximum absolute atomic E-state index is 14.6. The van der Waals surface area contributed by atoms with Gasteiger partial charge in [0.25, 0.3) is 11.7 Å². The maximum atomic E-state index is 14.6. The average molecular weight is 1030 g/mol. The van der Waals surface area contributed by atoms with Crippen molar-refractivity contribution < 1.29 is 72.8 Å². The van der Waals surface area contributed by atoms with Gasteiger partial charge >= 0.3 is 11.9 Å². The van der Waals surface area contributed by atoms with E-state index in [0.717, 1.165) is 5.57 Å². The fourth-order valence-electron chi connectivity index (χ4n) is 10.8. The standard InChI is InChI=1S/C57H89NO15/c1-34-18-14-13-15-19-35(2)46(68-10)31-43-23-21-41(8)57(67,73-43)52(63)53(64)58-25-17-16-20-44(58)54(65)71-47(29-37(4)36(3)27-40(7)50(62)51(70-12)49(61)39(6)26-34)38(5)28-42-22-24-45(48(30-42)69-11)72-55(66)56(9,32-59)33-60/h13-15,18-19,27,34,36,38-39,41-48,50-51,59-60,62,67H,4,16-17,20-26,28-33H2,1-3,5-12H3/t34-,36-,38-,39-,41-,42+,43+,44+,45-,46+,47+,48-,50-,51+,57-/m1/s1. The number of aliphatic hydroxyl groups is 4. The molecule has 16 nitrogen and oxygen atoms in total. The number of esters is 2. The number of aliphatic hydroxyl groups excluding tert-OH is 3. The van der Waals surface area contributed by atoms with Gasteiger partial charge in [0.1, 0.15) is 35.9 Å². The van der Waals surface area contributed by atoms with Crippen molar-refractivity contribution in [3.05, 3.63) is 59.8 Å². The predicted octanol–water partition coefficient (Wildman–Crippen LogP) is 6.71. The number of nitrogens with zero attached hydrogens (tertiary/aromatic N) is 1. The van der Waals surface area contributed by atoms with E-state index in [-0.39, 0.29) is 48.8 Å². The quantitative estimate of drug-likeness (QED) is 0.101. The van der Waals surface area contributed by atoms with Crippen LogP contribution in [-0.4, -0.2) is 150 Å². The van der Waals surface area contributed by atoms with E-state index in [0.29, 0.717) is 75.4 Å². The Balaban J connectivity index is 1.69. The van der Waals surface area contributed by atoms with Crippen molar-refractivity contribution in [1.82, 2.24) is 4.90 Å². The Hall–Kier alpha value is -3.87. The number of Topliss-reactive ketones (excluding diaryl/α,β-unsaturated/α-hetero) is 2. The van der Waals surface area contributed by atoms with Crippen LogP contribution in [0.2, 0.25) is 0 Å². The number of ketones is 2. The zero-order valence-electron chi connectivity index (χ0n) is 45.6. The molecular formula is C57H89NO15. The first-order valence-corrected chi connectivity index (χ1v) is 26.5. The molecule has 0 aromatic heterocycles. The minimum absolute atomic E-state index is 0.0261. The Labute approximate surface area is 434 Å². The van der Waals surface area contributed by atoms with Crippen LogP contribution >= 0.6 is 0 Å². The number of ether oxygens (including phenoxy) is 6. The van der Waals surface area contributed by atoms with Crippen LogP contribution in [0.25, 0.3) is 0 Å². The van der Waals surface area contributed by atoms with Crippen LogP contribution in [-0.2, 0) is 52.4 Å². The van der Waals surface area contributed by atoms with Crippen molar-refractivity contribution in [3.8, 4) is 0 Å². The van der Waals surface area contributed by atoms with Crippen LogP contribution < -0.4 is 0 Å². The third-order valence-corrected chi connectivity index (χ3v) is 16.1. The van der Waals surface area contributed by atoms with Gasteiger partial charge in [0.2, 0.25) is 5.79 Å². The summed E-state index contributed by atoms with van der Waals surface area (Å²) in [5.41, 5.74) is 0.600. The van der Waals surface area contributed by atoms with Crippen LogP contribution in [0.3, 0.4) is 0 Å². The van der Waals surface area contributed by atoms with E-state index in [1.165, 1.54) is 26.0 Å². The molecule has 0 aromatic rings. The molecule has 73 heavy (non-hydrogen) atoms. The van der Waals surface area contributed by atoms with E-state index in [2.05, 4.69) is 6.58 Å². The van der Waals surface area contributed by atoms with Crippen molar-refractivity contribution in [2.75, 3.05) is 41.1 Å². The van der Waals surface area contributed by atoms with Gasteiger partial charge in [-0.15, -0.1) is 0 Å². The number of hydrogen-bond acceptors (Lipinski definition) is 15. The van der Waals surface area contributed by atoms with Gasteiger partial charge in [0.05, 0.1) is 31.5 Å². The summed E-state index contributed by atoms with van der Waals surface area (Å²) < 4.78 is 35.8. The smallest absolute Gasteiger partial charge is 0.329 e. The molecule has 2 bridgehead atoms. The number of allylic oxidation sites excluding steroid dienone is 6. The van der Waals surface area contributed by atoms with Crippen molar-refractivity contribution >= 4 is 29.4 Å². The molecule has 0 radical (unpaired) electrons. The number of hydrogen-bond donors (Lipinski definition) is 4. The molecule has 4 N–H and O–H groups in total. The fraction of sp³-hybridized carbons (Fsp3) is 0.737. The van der Waals surface area contributed by atoms with Gasteiger partial charge in [0, 0.05) is 52.6 Å². The summed E-state index contributed by atoms with van der Waals surface area (Å²) in [5, 5.41) is 43.2. The lowest BCUT2D eigenvalue weighted by Crippen LogP contribution is -2.61. The molecule has 1 aliphatic carbocycles. The molecule has 3 fully saturated rings. The van der Waals surface area contributed by atoms with E-state index in [1.54, 1.807) is 21.0 Å². The van der Waals surface area contributed by atoms with Gasteiger partial charge in [0.15, 0.2) is 5.78 Å². The second-order valence-corrected chi connectivity index (χ2v) is 22.0. The molecular weight excluding hydrogens is 939 g/mol. The first-order chi connectivity index (χ1) is 34.5. The Morgan fingerprint density at radius 3 is 2.23 bits per heavy atom. The van der Waals surface area contributed by atoms with Crippen molar-refractivity contribution in [2.45, 2.75) is 187 Å². The van der Waals surface area contributed by atoms with Gasteiger partial charge in [-0.05, 0) is 120 Å². The molecule has 3 heterocycles. The first-order valence-electron chi connectivity index (χ1n) is 26.5. The van der Waals surface area contributed by atoms with E-state index in [4.69, 9.17) is 28.4 Å². The maximum Gasteiger partial charge on any atom is 0.329 e. The Kier molecular flexibility index (Phi) is 23.9. The summed E-state index contributed by atoms with van der Waals surface area (Å²) in [7, 11) is 4.53. The molecule has 16 heteroatoms. The van der Waals surface area contributed by atoms with Gasteiger partial charge in [-0.1, -0.05) is 83.2 Å². The number of carbonyl (C=O) groups is 5. The number of amides is 1. The van der Waals surface area contributed by atoms with E-state index >= 15 is 0 Å². The fourth-order valence-corrected chi connectivity index (χ4v) is 10.8. The summed E-state index contributed by atoms with van der Waals surface area (Å²) >= 11 is 0. The van der Waals surface area contributed by atoms with Crippen LogP contribution in [0.1, 0.15) is 132 Å². The van der Waals surface area contributed by atoms with Crippen LogP contribution in [0.4, 0.5) is 0 Å². The topological polar surface area (TPSA) is 225 Å². The number of fused-ring (bicyclic) bond motifs is 3. The van der Waals surface area contributed by atoms with Crippen LogP contribution in [0, 0.1) is 40.9 Å². The number of rotatable bonds is 10. The minimum Gasteiger partial charge on any atom is -0.460 e. The second kappa shape index (κ2) is 28.3. The molecule has 0 aromatic carbocycles. The molecule has 1 saturated carbocycles. The summed E-state index contributed by atoms with van der Waals surface area (Å²) in [6.07, 6.45) is 11.7. The number of carbonyl (C=O) groups excluding carboxylic acids is 5. The predicted molar refractivity (Wildman–Crippen MR) is 275 cm³/mol. The largest absolute Gasteiger partial charge is 0.460 e. The second-order valence-electron chi connectivity index (χ2n) is 22.0. The third-order valence-electron chi connectivity index (χ3n) is 16.1. The van der Waals surface area contributed by atoms with Crippen molar-refractivity contribution in [3.63, 3.8) is 0 Å². The number of methoxy groups -OCH3 is 3. The molecule has 15 atom stereocenters. The van der Waals surface area contributed by atoms with Gasteiger partial charge < -0.3 is 53.7 Å². The normalized spacial score (nSPS) is 35.1. The molecule has 0 spiro atoms. The number of cyclic esters (lactones) is 1. The average Bonchev–Trinajstić information content (AvgIpc) is 3.37. The molecule has 412 valence electrons. The SMILES string of the molecule is C=C1C[C@@H]([C@H](C)C[C@@H]2CC[C@@H](OC(=O)C(C)(CO)CO)[C@H](OC)C2)OC(=O)[C@@H]2CCCCN2C(=O)C(=O)[C@]2(O)O[C@@H](CC[C@H]2C)C[C@H](OC)C(C)=CC=CC=C[C@@H](C)C[C@@H](C)C(=O)[C@H](OC)[C@H](O)C(C)=C[C@H]1C. The van der Waals surface area contributed by atoms with Crippen LogP contribution in [0.15, 0.2) is 59.8 Å². The van der Waals surface area contributed by atoms with Gasteiger partial charge in [-0.3, -0.25) is 19.2 Å². The number of piperidine rings is 1. The molecule has 3 aliphatic heterocycles. The minimum atomic E-state index is -2.44. The highest BCUT2D eigenvalue weighted by Crippen LogP contribution is 2.39. The Bertz CT molecular complexity index is 2010. The van der Waals surface area contributed by atoms with Crippen molar-refractivity contribution in [2.24, 2.45) is 40.9 Å². The lowest BCUT2D eigenvalue weighted by molar-refractivity contribution is -0.265. The molecule has 0 unspecified atom stereocenters.